The number of methoxy groups -OCH3 is 1. The lowest BCUT2D eigenvalue weighted by molar-refractivity contribution is -0.140. The van der Waals surface area contributed by atoms with E-state index >= 15 is 0 Å². The van der Waals surface area contributed by atoms with Crippen LogP contribution in [0, 0.1) is 5.92 Å². The van der Waals surface area contributed by atoms with Gasteiger partial charge in [0.1, 0.15) is 6.04 Å². The second-order valence-electron chi connectivity index (χ2n) is 9.00. The van der Waals surface area contributed by atoms with Crippen LogP contribution in [0.5, 0.6) is 0 Å². The zero-order valence-electron chi connectivity index (χ0n) is 20.5. The summed E-state index contributed by atoms with van der Waals surface area (Å²) in [6, 6.07) is -1.25. The van der Waals surface area contributed by atoms with Crippen molar-refractivity contribution in [2.75, 3.05) is 20.2 Å². The molecule has 9 nitrogen and oxygen atoms in total. The van der Waals surface area contributed by atoms with Crippen molar-refractivity contribution in [3.63, 3.8) is 0 Å². The van der Waals surface area contributed by atoms with Gasteiger partial charge in [-0.15, -0.1) is 0 Å². The molecule has 1 rings (SSSR count). The minimum atomic E-state index is -0.627. The Balaban J connectivity index is 2.48. The van der Waals surface area contributed by atoms with E-state index in [1.807, 2.05) is 6.92 Å². The quantitative estimate of drug-likeness (QED) is 0.202. The van der Waals surface area contributed by atoms with Crippen molar-refractivity contribution < 1.29 is 23.9 Å². The summed E-state index contributed by atoms with van der Waals surface area (Å²) in [5.41, 5.74) is 5.84. The number of rotatable bonds is 16. The molecular weight excluding hydrogens is 424 g/mol. The molecule has 0 aromatic heterocycles. The SMILES string of the molecule is CCCC[C@@H](N)C(=O)NCC(=O)N[C@@H](CC1CCCCC1)C(=O)NCCCCCC(=O)OC. The minimum Gasteiger partial charge on any atom is -0.469 e. The number of carbonyl (C=O) groups is 4. The predicted molar refractivity (Wildman–Crippen MR) is 127 cm³/mol. The molecule has 0 bridgehead atoms. The summed E-state index contributed by atoms with van der Waals surface area (Å²) < 4.78 is 4.62. The van der Waals surface area contributed by atoms with Crippen molar-refractivity contribution in [2.45, 2.75) is 102 Å². The molecule has 190 valence electrons. The first-order valence-electron chi connectivity index (χ1n) is 12.5. The van der Waals surface area contributed by atoms with Crippen molar-refractivity contribution >= 4 is 23.7 Å². The standard InChI is InChI=1S/C24H44N4O5/c1-3-4-13-19(25)23(31)27-17-21(29)28-20(16-18-11-7-5-8-12-18)24(32)26-15-10-6-9-14-22(30)33-2/h18-20H,3-17,25H2,1-2H3,(H,26,32)(H,27,31)(H,28,29)/t19-,20+/m1/s1. The van der Waals surface area contributed by atoms with E-state index in [4.69, 9.17) is 5.73 Å². The molecule has 0 aromatic rings. The van der Waals surface area contributed by atoms with Crippen LogP contribution in [-0.4, -0.2) is 56.0 Å². The Bertz CT molecular complexity index is 608. The Kier molecular flexibility index (Phi) is 15.2. The number of nitrogens with two attached hydrogens (primary N) is 1. The molecule has 1 aliphatic carbocycles. The van der Waals surface area contributed by atoms with Crippen molar-refractivity contribution in [2.24, 2.45) is 11.7 Å². The zero-order valence-corrected chi connectivity index (χ0v) is 20.5. The Labute approximate surface area is 198 Å². The molecule has 9 heteroatoms. The third-order valence-corrected chi connectivity index (χ3v) is 6.16. The number of hydrogen-bond acceptors (Lipinski definition) is 6. The lowest BCUT2D eigenvalue weighted by Gasteiger charge is -2.26. The fraction of sp³-hybridized carbons (Fsp3) is 0.833. The van der Waals surface area contributed by atoms with Crippen LogP contribution in [-0.2, 0) is 23.9 Å². The largest absolute Gasteiger partial charge is 0.469 e. The molecule has 3 amide bonds. The number of hydrogen-bond donors (Lipinski definition) is 4. The first-order valence-corrected chi connectivity index (χ1v) is 12.5. The van der Waals surface area contributed by atoms with Crippen molar-refractivity contribution in [1.29, 1.82) is 0 Å². The van der Waals surface area contributed by atoms with E-state index in [0.29, 0.717) is 38.1 Å². The summed E-state index contributed by atoms with van der Waals surface area (Å²) >= 11 is 0. The molecule has 0 unspecified atom stereocenters. The fourth-order valence-corrected chi connectivity index (χ4v) is 4.09. The third-order valence-electron chi connectivity index (χ3n) is 6.16. The maximum atomic E-state index is 12.8. The molecule has 0 spiro atoms. The Morgan fingerprint density at radius 1 is 0.970 bits per heavy atom. The van der Waals surface area contributed by atoms with E-state index < -0.39 is 12.1 Å². The highest BCUT2D eigenvalue weighted by atomic mass is 16.5. The van der Waals surface area contributed by atoms with Crippen molar-refractivity contribution in [1.82, 2.24) is 16.0 Å². The van der Waals surface area contributed by atoms with Gasteiger partial charge in [-0.25, -0.2) is 0 Å². The van der Waals surface area contributed by atoms with Crippen LogP contribution in [0.25, 0.3) is 0 Å². The molecule has 2 atom stereocenters. The minimum absolute atomic E-state index is 0.194. The summed E-state index contributed by atoms with van der Waals surface area (Å²) in [4.78, 5) is 48.5. The molecule has 1 saturated carbocycles. The van der Waals surface area contributed by atoms with E-state index in [0.717, 1.165) is 51.4 Å². The summed E-state index contributed by atoms with van der Waals surface area (Å²) in [6.07, 6.45) is 11.3. The van der Waals surface area contributed by atoms with Gasteiger partial charge in [0.2, 0.25) is 17.7 Å². The molecular formula is C24H44N4O5. The van der Waals surface area contributed by atoms with Crippen molar-refractivity contribution in [3.8, 4) is 0 Å². The maximum absolute atomic E-state index is 12.8. The fourth-order valence-electron chi connectivity index (χ4n) is 4.09. The van der Waals surface area contributed by atoms with Gasteiger partial charge in [0.25, 0.3) is 0 Å². The third kappa shape index (κ3) is 13.2. The second kappa shape index (κ2) is 17.3. The molecule has 1 fully saturated rings. The average molecular weight is 469 g/mol. The zero-order chi connectivity index (χ0) is 24.5. The van der Waals surface area contributed by atoms with E-state index in [2.05, 4.69) is 20.7 Å². The molecule has 0 aliphatic heterocycles. The summed E-state index contributed by atoms with van der Waals surface area (Å²) in [5, 5.41) is 8.29. The van der Waals surface area contributed by atoms with Crippen LogP contribution in [0.4, 0.5) is 0 Å². The second-order valence-corrected chi connectivity index (χ2v) is 9.00. The summed E-state index contributed by atoms with van der Waals surface area (Å²) in [5.74, 6) is -0.758. The molecule has 0 heterocycles. The maximum Gasteiger partial charge on any atom is 0.305 e. The highest BCUT2D eigenvalue weighted by Crippen LogP contribution is 2.27. The van der Waals surface area contributed by atoms with Gasteiger partial charge in [-0.1, -0.05) is 58.3 Å². The number of ether oxygens (including phenoxy) is 1. The van der Waals surface area contributed by atoms with E-state index in [9.17, 15) is 19.2 Å². The van der Waals surface area contributed by atoms with E-state index in [-0.39, 0.29) is 30.2 Å². The summed E-state index contributed by atoms with van der Waals surface area (Å²) in [7, 11) is 1.37. The Hall–Kier alpha value is -2.16. The summed E-state index contributed by atoms with van der Waals surface area (Å²) in [6.45, 7) is 2.32. The number of unbranched alkanes of at least 4 members (excludes halogenated alkanes) is 3. The van der Waals surface area contributed by atoms with Gasteiger partial charge in [-0.05, 0) is 31.6 Å². The monoisotopic (exact) mass is 468 g/mol. The first kappa shape index (κ1) is 28.9. The smallest absolute Gasteiger partial charge is 0.305 e. The van der Waals surface area contributed by atoms with Gasteiger partial charge in [-0.2, -0.15) is 0 Å². The highest BCUT2D eigenvalue weighted by molar-refractivity contribution is 5.91. The first-order chi connectivity index (χ1) is 15.9. The van der Waals surface area contributed by atoms with E-state index in [1.54, 1.807) is 0 Å². The van der Waals surface area contributed by atoms with Gasteiger partial charge in [-0.3, -0.25) is 19.2 Å². The van der Waals surface area contributed by atoms with Crippen molar-refractivity contribution in [3.05, 3.63) is 0 Å². The topological polar surface area (TPSA) is 140 Å². The molecule has 0 radical (unpaired) electrons. The van der Waals surface area contributed by atoms with Gasteiger partial charge in [0.05, 0.1) is 19.7 Å². The van der Waals surface area contributed by atoms with Crippen LogP contribution in [0.15, 0.2) is 0 Å². The lowest BCUT2D eigenvalue weighted by atomic mass is 9.84. The van der Waals surface area contributed by atoms with Crippen LogP contribution < -0.4 is 21.7 Å². The molecule has 0 saturated heterocycles. The van der Waals surface area contributed by atoms with Gasteiger partial charge in [0.15, 0.2) is 0 Å². The lowest BCUT2D eigenvalue weighted by Crippen LogP contribution is -2.51. The van der Waals surface area contributed by atoms with Crippen LogP contribution in [0.3, 0.4) is 0 Å². The van der Waals surface area contributed by atoms with Crippen LogP contribution in [0.1, 0.15) is 90.4 Å². The molecule has 1 aliphatic rings. The van der Waals surface area contributed by atoms with E-state index in [1.165, 1.54) is 13.5 Å². The Morgan fingerprint density at radius 2 is 1.70 bits per heavy atom. The molecule has 33 heavy (non-hydrogen) atoms. The normalized spacial score (nSPS) is 15.8. The number of amides is 3. The van der Waals surface area contributed by atoms with Gasteiger partial charge >= 0.3 is 5.97 Å². The predicted octanol–water partition coefficient (Wildman–Crippen LogP) is 1.92. The molecule has 5 N–H and O–H groups in total. The number of nitrogens with one attached hydrogen (secondary N) is 3. The Morgan fingerprint density at radius 3 is 2.36 bits per heavy atom. The van der Waals surface area contributed by atoms with Crippen LogP contribution in [0.2, 0.25) is 0 Å². The molecule has 0 aromatic carbocycles. The van der Waals surface area contributed by atoms with Gasteiger partial charge < -0.3 is 26.4 Å². The van der Waals surface area contributed by atoms with Gasteiger partial charge in [0, 0.05) is 13.0 Å². The van der Waals surface area contributed by atoms with Crippen LogP contribution >= 0.6 is 0 Å². The average Bonchev–Trinajstić information content (AvgIpc) is 2.82. The highest BCUT2D eigenvalue weighted by Gasteiger charge is 2.26. The number of carbonyl (C=O) groups excluding carboxylic acids is 4. The number of esters is 1.